The fourth-order valence-electron chi connectivity index (χ4n) is 3.37. The molecule has 0 saturated heterocycles. The summed E-state index contributed by atoms with van der Waals surface area (Å²) in [5, 5.41) is 0.451. The van der Waals surface area contributed by atoms with Crippen LogP contribution >= 0.6 is 11.6 Å². The lowest BCUT2D eigenvalue weighted by Crippen LogP contribution is -2.21. The van der Waals surface area contributed by atoms with Crippen molar-refractivity contribution in [1.82, 2.24) is 0 Å². The molecule has 2 fully saturated rings. The summed E-state index contributed by atoms with van der Waals surface area (Å²) in [5.41, 5.74) is 1.53. The Balaban J connectivity index is 1.67. The van der Waals surface area contributed by atoms with Crippen LogP contribution in [-0.4, -0.2) is 5.38 Å². The van der Waals surface area contributed by atoms with Crippen LogP contribution in [-0.2, 0) is 0 Å². The van der Waals surface area contributed by atoms with Crippen molar-refractivity contribution < 1.29 is 0 Å². The van der Waals surface area contributed by atoms with Gasteiger partial charge < -0.3 is 0 Å². The Morgan fingerprint density at radius 3 is 2.44 bits per heavy atom. The summed E-state index contributed by atoms with van der Waals surface area (Å²) in [7, 11) is 0. The van der Waals surface area contributed by atoms with E-state index in [1.54, 1.807) is 0 Å². The molecular weight excluding hydrogens is 216 g/mol. The molecule has 2 aliphatic rings. The van der Waals surface area contributed by atoms with Crippen LogP contribution in [0.25, 0.3) is 0 Å². The van der Waals surface area contributed by atoms with E-state index in [0.717, 1.165) is 17.8 Å². The highest BCUT2D eigenvalue weighted by molar-refractivity contribution is 6.20. The maximum Gasteiger partial charge on any atom is 0.0367 e. The Bertz CT molecular complexity index is 346. The quantitative estimate of drug-likeness (QED) is 0.657. The Kier molecular flexibility index (Phi) is 2.93. The molecule has 0 heterocycles. The van der Waals surface area contributed by atoms with Crippen LogP contribution in [0, 0.1) is 11.8 Å². The van der Waals surface area contributed by atoms with E-state index in [0.29, 0.717) is 5.38 Å². The van der Waals surface area contributed by atoms with Gasteiger partial charge in [0.05, 0.1) is 0 Å². The standard InChI is InChI=1S/C15H19Cl/c16-15-9-5-4-8-12(15)14-10-13(14)11-6-2-1-3-7-11/h1-3,6-7,12-15H,4-5,8-10H2. The van der Waals surface area contributed by atoms with Crippen LogP contribution in [0.1, 0.15) is 43.6 Å². The first kappa shape index (κ1) is 10.7. The molecule has 4 atom stereocenters. The van der Waals surface area contributed by atoms with Gasteiger partial charge in [-0.1, -0.05) is 43.2 Å². The summed E-state index contributed by atoms with van der Waals surface area (Å²) in [6.45, 7) is 0. The van der Waals surface area contributed by atoms with Crippen molar-refractivity contribution in [2.75, 3.05) is 0 Å². The first-order valence-electron chi connectivity index (χ1n) is 6.55. The highest BCUT2D eigenvalue weighted by atomic mass is 35.5. The van der Waals surface area contributed by atoms with E-state index in [1.807, 2.05) is 0 Å². The number of hydrogen-bond donors (Lipinski definition) is 0. The second-order valence-electron chi connectivity index (χ2n) is 5.38. The fraction of sp³-hybridized carbons (Fsp3) is 0.600. The smallest absolute Gasteiger partial charge is 0.0367 e. The molecule has 0 spiro atoms. The number of halogens is 1. The van der Waals surface area contributed by atoms with Crippen LogP contribution in [0.4, 0.5) is 0 Å². The third kappa shape index (κ3) is 2.00. The highest BCUT2D eigenvalue weighted by Gasteiger charge is 2.46. The first-order chi connectivity index (χ1) is 7.86. The molecule has 2 saturated carbocycles. The van der Waals surface area contributed by atoms with Gasteiger partial charge in [-0.05, 0) is 42.6 Å². The predicted octanol–water partition coefficient (Wildman–Crippen LogP) is 4.59. The number of rotatable bonds is 2. The van der Waals surface area contributed by atoms with Gasteiger partial charge in [0, 0.05) is 5.38 Å². The van der Waals surface area contributed by atoms with Crippen LogP contribution < -0.4 is 0 Å². The second-order valence-corrected chi connectivity index (χ2v) is 5.94. The lowest BCUT2D eigenvalue weighted by atomic mass is 9.84. The van der Waals surface area contributed by atoms with E-state index in [1.165, 1.54) is 37.7 Å². The third-order valence-electron chi connectivity index (χ3n) is 4.35. The fourth-order valence-corrected chi connectivity index (χ4v) is 3.84. The van der Waals surface area contributed by atoms with E-state index >= 15 is 0 Å². The molecule has 4 unspecified atom stereocenters. The van der Waals surface area contributed by atoms with Gasteiger partial charge in [0.2, 0.25) is 0 Å². The van der Waals surface area contributed by atoms with Gasteiger partial charge in [0.15, 0.2) is 0 Å². The van der Waals surface area contributed by atoms with E-state index in [2.05, 4.69) is 30.3 Å². The highest BCUT2D eigenvalue weighted by Crippen LogP contribution is 2.55. The minimum atomic E-state index is 0.451. The van der Waals surface area contributed by atoms with E-state index < -0.39 is 0 Å². The van der Waals surface area contributed by atoms with E-state index in [9.17, 15) is 0 Å². The molecule has 16 heavy (non-hydrogen) atoms. The molecule has 2 aliphatic carbocycles. The van der Waals surface area contributed by atoms with Gasteiger partial charge in [-0.3, -0.25) is 0 Å². The van der Waals surface area contributed by atoms with Crippen molar-refractivity contribution in [3.05, 3.63) is 35.9 Å². The van der Waals surface area contributed by atoms with Crippen LogP contribution in [0.2, 0.25) is 0 Å². The third-order valence-corrected chi connectivity index (χ3v) is 4.89. The molecule has 0 N–H and O–H groups in total. The van der Waals surface area contributed by atoms with E-state index in [4.69, 9.17) is 11.6 Å². The minimum Gasteiger partial charge on any atom is -0.123 e. The minimum absolute atomic E-state index is 0.451. The second kappa shape index (κ2) is 4.41. The summed E-state index contributed by atoms with van der Waals surface area (Å²) >= 11 is 6.47. The summed E-state index contributed by atoms with van der Waals surface area (Å²) in [4.78, 5) is 0. The van der Waals surface area contributed by atoms with Crippen LogP contribution in [0.3, 0.4) is 0 Å². The molecule has 0 aromatic heterocycles. The topological polar surface area (TPSA) is 0 Å². The predicted molar refractivity (Wildman–Crippen MR) is 68.9 cm³/mol. The van der Waals surface area contributed by atoms with Gasteiger partial charge in [0.25, 0.3) is 0 Å². The Morgan fingerprint density at radius 1 is 0.938 bits per heavy atom. The first-order valence-corrected chi connectivity index (χ1v) is 6.99. The maximum atomic E-state index is 6.47. The number of benzene rings is 1. The Morgan fingerprint density at radius 2 is 1.69 bits per heavy atom. The molecular formula is C15H19Cl. The molecule has 0 radical (unpaired) electrons. The van der Waals surface area contributed by atoms with Gasteiger partial charge in [-0.15, -0.1) is 11.6 Å². The average molecular weight is 235 g/mol. The molecule has 1 aromatic carbocycles. The van der Waals surface area contributed by atoms with Crippen molar-refractivity contribution in [2.24, 2.45) is 11.8 Å². The molecule has 0 amide bonds. The van der Waals surface area contributed by atoms with Crippen molar-refractivity contribution in [1.29, 1.82) is 0 Å². The van der Waals surface area contributed by atoms with Crippen molar-refractivity contribution in [3.63, 3.8) is 0 Å². The zero-order valence-electron chi connectivity index (χ0n) is 9.61. The van der Waals surface area contributed by atoms with E-state index in [-0.39, 0.29) is 0 Å². The average Bonchev–Trinajstić information content (AvgIpc) is 3.11. The number of hydrogen-bond acceptors (Lipinski definition) is 0. The lowest BCUT2D eigenvalue weighted by Gasteiger charge is -2.27. The summed E-state index contributed by atoms with van der Waals surface area (Å²) < 4.78 is 0. The molecule has 0 nitrogen and oxygen atoms in total. The van der Waals surface area contributed by atoms with Gasteiger partial charge in [0.1, 0.15) is 0 Å². The van der Waals surface area contributed by atoms with Crippen LogP contribution in [0.5, 0.6) is 0 Å². The lowest BCUT2D eigenvalue weighted by molar-refractivity contribution is 0.325. The molecule has 1 aromatic rings. The van der Waals surface area contributed by atoms with Gasteiger partial charge in [-0.2, -0.15) is 0 Å². The van der Waals surface area contributed by atoms with Crippen molar-refractivity contribution >= 4 is 11.6 Å². The summed E-state index contributed by atoms with van der Waals surface area (Å²) in [6, 6.07) is 11.0. The van der Waals surface area contributed by atoms with Crippen molar-refractivity contribution in [3.8, 4) is 0 Å². The molecule has 86 valence electrons. The molecule has 1 heteroatoms. The van der Waals surface area contributed by atoms with Crippen molar-refractivity contribution in [2.45, 2.75) is 43.4 Å². The summed E-state index contributed by atoms with van der Waals surface area (Å²) in [5.74, 6) is 2.48. The Labute approximate surface area is 103 Å². The summed E-state index contributed by atoms with van der Waals surface area (Å²) in [6.07, 6.45) is 6.71. The number of alkyl halides is 1. The normalized spacial score (nSPS) is 38.3. The largest absolute Gasteiger partial charge is 0.123 e. The van der Waals surface area contributed by atoms with Crippen LogP contribution in [0.15, 0.2) is 30.3 Å². The zero-order valence-corrected chi connectivity index (χ0v) is 10.4. The zero-order chi connectivity index (χ0) is 11.0. The Hall–Kier alpha value is -0.490. The van der Waals surface area contributed by atoms with Gasteiger partial charge >= 0.3 is 0 Å². The molecule has 3 rings (SSSR count). The monoisotopic (exact) mass is 234 g/mol. The molecule has 0 aliphatic heterocycles. The van der Waals surface area contributed by atoms with Gasteiger partial charge in [-0.25, -0.2) is 0 Å². The molecule has 0 bridgehead atoms. The SMILES string of the molecule is ClC1CCCCC1C1CC1c1ccccc1. The maximum absolute atomic E-state index is 6.47.